The van der Waals surface area contributed by atoms with Crippen LogP contribution < -0.4 is 5.73 Å². The first-order valence-corrected chi connectivity index (χ1v) is 7.18. The molecule has 0 aromatic heterocycles. The molecule has 0 saturated heterocycles. The Morgan fingerprint density at radius 2 is 1.79 bits per heavy atom. The van der Waals surface area contributed by atoms with Gasteiger partial charge in [-0.05, 0) is 48.5 Å². The average Bonchev–Trinajstić information content (AvgIpc) is 2.37. The molecule has 4 heteroatoms. The van der Waals surface area contributed by atoms with Gasteiger partial charge in [-0.25, -0.2) is 0 Å². The van der Waals surface area contributed by atoms with Gasteiger partial charge >= 0.3 is 0 Å². The molecule has 100 valence electrons. The van der Waals surface area contributed by atoms with Crippen molar-refractivity contribution >= 4 is 33.2 Å². The minimum Gasteiger partial charge on any atom is -0.399 e. The van der Waals surface area contributed by atoms with E-state index in [0.29, 0.717) is 0 Å². The van der Waals surface area contributed by atoms with Crippen molar-refractivity contribution in [1.29, 1.82) is 0 Å². The third-order valence-corrected chi connectivity index (χ3v) is 3.90. The van der Waals surface area contributed by atoms with Crippen LogP contribution in [0.2, 0.25) is 5.02 Å². The van der Waals surface area contributed by atoms with E-state index in [2.05, 4.69) is 27.9 Å². The predicted molar refractivity (Wildman–Crippen MR) is 85.2 cm³/mol. The van der Waals surface area contributed by atoms with E-state index in [4.69, 9.17) is 17.3 Å². The second-order valence-corrected chi connectivity index (χ2v) is 5.94. The van der Waals surface area contributed by atoms with Gasteiger partial charge in [-0.1, -0.05) is 39.7 Å². The van der Waals surface area contributed by atoms with Crippen LogP contribution in [0.15, 0.2) is 46.9 Å². The standard InChI is InChI=1S/C15H16BrClN2/c1-19(9-11-2-4-13(17)5-3-11)10-12-8-14(18)6-7-15(12)16/h2-8H,9-10,18H2,1H3. The van der Waals surface area contributed by atoms with E-state index >= 15 is 0 Å². The zero-order valence-corrected chi connectivity index (χ0v) is 13.1. The second-order valence-electron chi connectivity index (χ2n) is 4.65. The van der Waals surface area contributed by atoms with E-state index in [0.717, 1.165) is 28.3 Å². The maximum Gasteiger partial charge on any atom is 0.0406 e. The van der Waals surface area contributed by atoms with Crippen LogP contribution in [0.25, 0.3) is 0 Å². The van der Waals surface area contributed by atoms with Gasteiger partial charge in [-0.2, -0.15) is 0 Å². The maximum atomic E-state index is 5.88. The maximum absolute atomic E-state index is 5.88. The molecule has 2 N–H and O–H groups in total. The van der Waals surface area contributed by atoms with Gasteiger partial charge in [-0.3, -0.25) is 4.90 Å². The topological polar surface area (TPSA) is 29.3 Å². The van der Waals surface area contributed by atoms with Gasteiger partial charge in [0.05, 0.1) is 0 Å². The van der Waals surface area contributed by atoms with Crippen LogP contribution in [0, 0.1) is 0 Å². The highest BCUT2D eigenvalue weighted by atomic mass is 79.9. The van der Waals surface area contributed by atoms with E-state index < -0.39 is 0 Å². The quantitative estimate of drug-likeness (QED) is 0.841. The third-order valence-electron chi connectivity index (χ3n) is 2.88. The number of halogens is 2. The van der Waals surface area contributed by atoms with Crippen LogP contribution in [0.1, 0.15) is 11.1 Å². The molecule has 0 unspecified atom stereocenters. The molecule has 0 aliphatic carbocycles. The number of hydrogen-bond acceptors (Lipinski definition) is 2. The van der Waals surface area contributed by atoms with E-state index in [1.807, 2.05) is 42.5 Å². The molecular formula is C15H16BrClN2. The fraction of sp³-hybridized carbons (Fsp3) is 0.200. The molecule has 0 spiro atoms. The van der Waals surface area contributed by atoms with E-state index in [-0.39, 0.29) is 0 Å². The Morgan fingerprint density at radius 1 is 1.11 bits per heavy atom. The lowest BCUT2D eigenvalue weighted by molar-refractivity contribution is 0.318. The molecule has 2 aromatic carbocycles. The van der Waals surface area contributed by atoms with Crippen LogP contribution in [0.3, 0.4) is 0 Å². The first-order chi connectivity index (χ1) is 9.04. The monoisotopic (exact) mass is 338 g/mol. The van der Waals surface area contributed by atoms with Crippen LogP contribution in [-0.2, 0) is 13.1 Å². The van der Waals surface area contributed by atoms with Gasteiger partial charge in [0.1, 0.15) is 0 Å². The van der Waals surface area contributed by atoms with Crippen molar-refractivity contribution in [2.45, 2.75) is 13.1 Å². The van der Waals surface area contributed by atoms with E-state index in [1.54, 1.807) is 0 Å². The number of anilines is 1. The van der Waals surface area contributed by atoms with Crippen LogP contribution in [0.5, 0.6) is 0 Å². The Hall–Kier alpha value is -1.03. The molecule has 0 saturated carbocycles. The summed E-state index contributed by atoms with van der Waals surface area (Å²) in [5, 5.41) is 0.769. The summed E-state index contributed by atoms with van der Waals surface area (Å²) in [5.41, 5.74) is 9.04. The average molecular weight is 340 g/mol. The van der Waals surface area contributed by atoms with Crippen molar-refractivity contribution < 1.29 is 0 Å². The second kappa shape index (κ2) is 6.42. The highest BCUT2D eigenvalue weighted by molar-refractivity contribution is 9.10. The zero-order chi connectivity index (χ0) is 13.8. The summed E-state index contributed by atoms with van der Waals surface area (Å²) in [6.45, 7) is 1.71. The molecule has 0 aliphatic rings. The molecule has 0 heterocycles. The van der Waals surface area contributed by atoms with Gasteiger partial charge in [0, 0.05) is 28.3 Å². The number of nitrogens with zero attached hydrogens (tertiary/aromatic N) is 1. The normalized spacial score (nSPS) is 10.9. The molecule has 2 nitrogen and oxygen atoms in total. The first kappa shape index (κ1) is 14.4. The Labute approximate surface area is 127 Å². The fourth-order valence-corrected chi connectivity index (χ4v) is 2.46. The first-order valence-electron chi connectivity index (χ1n) is 6.01. The Balaban J connectivity index is 2.02. The lowest BCUT2D eigenvalue weighted by Crippen LogP contribution is -2.17. The van der Waals surface area contributed by atoms with Gasteiger partial charge in [0.25, 0.3) is 0 Å². The molecule has 19 heavy (non-hydrogen) atoms. The Kier molecular flexibility index (Phi) is 4.86. The number of hydrogen-bond donors (Lipinski definition) is 1. The highest BCUT2D eigenvalue weighted by Crippen LogP contribution is 2.21. The number of benzene rings is 2. The van der Waals surface area contributed by atoms with Crippen molar-refractivity contribution in [2.75, 3.05) is 12.8 Å². The SMILES string of the molecule is CN(Cc1ccc(Cl)cc1)Cc1cc(N)ccc1Br. The Bertz CT molecular complexity index is 555. The van der Waals surface area contributed by atoms with E-state index in [9.17, 15) is 0 Å². The largest absolute Gasteiger partial charge is 0.399 e. The molecule has 0 fully saturated rings. The zero-order valence-electron chi connectivity index (χ0n) is 10.7. The summed E-state index contributed by atoms with van der Waals surface area (Å²) in [6.07, 6.45) is 0. The van der Waals surface area contributed by atoms with Crippen molar-refractivity contribution in [2.24, 2.45) is 0 Å². The number of rotatable bonds is 4. The van der Waals surface area contributed by atoms with Crippen LogP contribution >= 0.6 is 27.5 Å². The smallest absolute Gasteiger partial charge is 0.0406 e. The molecule has 0 atom stereocenters. The highest BCUT2D eigenvalue weighted by Gasteiger charge is 2.05. The number of nitrogen functional groups attached to an aromatic ring is 1. The Morgan fingerprint density at radius 3 is 2.47 bits per heavy atom. The molecule has 0 bridgehead atoms. The molecular weight excluding hydrogens is 324 g/mol. The summed E-state index contributed by atoms with van der Waals surface area (Å²) >= 11 is 9.44. The van der Waals surface area contributed by atoms with Crippen molar-refractivity contribution in [3.05, 3.63) is 63.1 Å². The summed E-state index contributed by atoms with van der Waals surface area (Å²) in [7, 11) is 2.09. The molecule has 2 aromatic rings. The van der Waals surface area contributed by atoms with Gasteiger partial charge in [-0.15, -0.1) is 0 Å². The van der Waals surface area contributed by atoms with Gasteiger partial charge < -0.3 is 5.73 Å². The number of nitrogens with two attached hydrogens (primary N) is 1. The van der Waals surface area contributed by atoms with Crippen molar-refractivity contribution in [1.82, 2.24) is 4.90 Å². The lowest BCUT2D eigenvalue weighted by atomic mass is 10.1. The predicted octanol–water partition coefficient (Wildman–Crippen LogP) is 4.32. The van der Waals surface area contributed by atoms with Gasteiger partial charge in [0.2, 0.25) is 0 Å². The van der Waals surface area contributed by atoms with Crippen molar-refractivity contribution in [3.63, 3.8) is 0 Å². The fourth-order valence-electron chi connectivity index (χ4n) is 1.96. The summed E-state index contributed by atoms with van der Waals surface area (Å²) in [5.74, 6) is 0. The van der Waals surface area contributed by atoms with Crippen molar-refractivity contribution in [3.8, 4) is 0 Å². The summed E-state index contributed by atoms with van der Waals surface area (Å²) in [6, 6.07) is 13.8. The minimum absolute atomic E-state index is 0.769. The van der Waals surface area contributed by atoms with Crippen LogP contribution in [0.4, 0.5) is 5.69 Å². The van der Waals surface area contributed by atoms with E-state index in [1.165, 1.54) is 11.1 Å². The molecule has 0 aliphatic heterocycles. The third kappa shape index (κ3) is 4.23. The summed E-state index contributed by atoms with van der Waals surface area (Å²) in [4.78, 5) is 2.24. The van der Waals surface area contributed by atoms with Gasteiger partial charge in [0.15, 0.2) is 0 Å². The minimum atomic E-state index is 0.769. The molecule has 0 radical (unpaired) electrons. The lowest BCUT2D eigenvalue weighted by Gasteiger charge is -2.18. The molecule has 2 rings (SSSR count). The van der Waals surface area contributed by atoms with Crippen LogP contribution in [-0.4, -0.2) is 11.9 Å². The molecule has 0 amide bonds. The summed E-state index contributed by atoms with van der Waals surface area (Å²) < 4.78 is 1.09.